The van der Waals surface area contributed by atoms with E-state index in [-0.39, 0.29) is 17.5 Å². The summed E-state index contributed by atoms with van der Waals surface area (Å²) in [5.41, 5.74) is 0.887. The fourth-order valence-corrected chi connectivity index (χ4v) is 2.94. The lowest BCUT2D eigenvalue weighted by Crippen LogP contribution is -2.39. The molecule has 1 saturated heterocycles. The summed E-state index contributed by atoms with van der Waals surface area (Å²) in [5.74, 6) is 0.289. The molecule has 1 aromatic carbocycles. The average molecular weight is 264 g/mol. The van der Waals surface area contributed by atoms with Gasteiger partial charge in [0, 0.05) is 30.3 Å². The molecule has 0 aliphatic carbocycles. The van der Waals surface area contributed by atoms with Gasteiger partial charge in [0.1, 0.15) is 11.5 Å². The van der Waals surface area contributed by atoms with Crippen molar-refractivity contribution in [2.24, 2.45) is 0 Å². The summed E-state index contributed by atoms with van der Waals surface area (Å²) < 4.78 is 0. The Morgan fingerprint density at radius 3 is 2.79 bits per heavy atom. The molecule has 1 fully saturated rings. The maximum atomic E-state index is 10.0. The van der Waals surface area contributed by atoms with Crippen molar-refractivity contribution in [3.05, 3.63) is 23.8 Å². The van der Waals surface area contributed by atoms with E-state index in [4.69, 9.17) is 0 Å². The largest absolute Gasteiger partial charge is 0.508 e. The Bertz CT molecular complexity index is 417. The van der Waals surface area contributed by atoms with E-state index in [0.29, 0.717) is 6.04 Å². The molecule has 0 amide bonds. The van der Waals surface area contributed by atoms with Crippen LogP contribution < -0.4 is 5.32 Å². The van der Waals surface area contributed by atoms with Crippen molar-refractivity contribution in [3.8, 4) is 11.5 Å². The Morgan fingerprint density at radius 2 is 2.21 bits per heavy atom. The van der Waals surface area contributed by atoms with Crippen LogP contribution in [0.1, 0.15) is 38.3 Å². The second-order valence-electron chi connectivity index (χ2n) is 5.30. The van der Waals surface area contributed by atoms with Crippen LogP contribution in [-0.4, -0.2) is 40.8 Å². The number of nitrogens with zero attached hydrogens (tertiary/aromatic N) is 1. The molecule has 0 aromatic heterocycles. The first-order chi connectivity index (χ1) is 9.13. The summed E-state index contributed by atoms with van der Waals surface area (Å²) in [6.45, 7) is 7.41. The van der Waals surface area contributed by atoms with Gasteiger partial charge >= 0.3 is 0 Å². The Balaban J connectivity index is 2.19. The summed E-state index contributed by atoms with van der Waals surface area (Å²) in [7, 11) is 0. The van der Waals surface area contributed by atoms with Crippen LogP contribution in [0.3, 0.4) is 0 Å². The minimum atomic E-state index is 0.109. The van der Waals surface area contributed by atoms with Crippen molar-refractivity contribution in [3.63, 3.8) is 0 Å². The van der Waals surface area contributed by atoms with Crippen LogP contribution in [0.15, 0.2) is 18.2 Å². The standard InChI is InChI=1S/C15H24N2O2/c1-3-8-17(12-6-7-16-10-12)11(2)14-5-4-13(18)9-15(14)19/h4-5,9,11-12,16,18-19H,3,6-8,10H2,1-2H3. The van der Waals surface area contributed by atoms with Gasteiger partial charge in [-0.3, -0.25) is 4.90 Å². The molecule has 1 heterocycles. The van der Waals surface area contributed by atoms with E-state index in [1.807, 2.05) is 6.07 Å². The van der Waals surface area contributed by atoms with Gasteiger partial charge in [-0.05, 0) is 38.9 Å². The van der Waals surface area contributed by atoms with Gasteiger partial charge in [-0.25, -0.2) is 0 Å². The number of phenols is 2. The van der Waals surface area contributed by atoms with E-state index in [1.165, 1.54) is 6.07 Å². The fourth-order valence-electron chi connectivity index (χ4n) is 2.94. The average Bonchev–Trinajstić information content (AvgIpc) is 2.89. The highest BCUT2D eigenvalue weighted by Gasteiger charge is 2.27. The number of hydrogen-bond donors (Lipinski definition) is 3. The first-order valence-electron chi connectivity index (χ1n) is 7.11. The summed E-state index contributed by atoms with van der Waals surface area (Å²) in [5, 5.41) is 22.8. The number of rotatable bonds is 5. The van der Waals surface area contributed by atoms with Gasteiger partial charge in [0.05, 0.1) is 0 Å². The molecular weight excluding hydrogens is 240 g/mol. The third kappa shape index (κ3) is 3.19. The van der Waals surface area contributed by atoms with Crippen molar-refractivity contribution in [2.75, 3.05) is 19.6 Å². The number of phenolic OH excluding ortho intramolecular Hbond substituents is 2. The first-order valence-corrected chi connectivity index (χ1v) is 7.11. The molecule has 1 aliphatic heterocycles. The van der Waals surface area contributed by atoms with Crippen molar-refractivity contribution >= 4 is 0 Å². The zero-order valence-electron chi connectivity index (χ0n) is 11.8. The van der Waals surface area contributed by atoms with Crippen molar-refractivity contribution < 1.29 is 10.2 Å². The van der Waals surface area contributed by atoms with Crippen LogP contribution in [0, 0.1) is 0 Å². The van der Waals surface area contributed by atoms with Gasteiger partial charge in [0.15, 0.2) is 0 Å². The normalized spacial score (nSPS) is 20.9. The predicted octanol–water partition coefficient (Wildman–Crippen LogP) is 2.23. The molecule has 0 radical (unpaired) electrons. The lowest BCUT2D eigenvalue weighted by molar-refractivity contribution is 0.151. The van der Waals surface area contributed by atoms with Crippen LogP contribution in [0.5, 0.6) is 11.5 Å². The zero-order chi connectivity index (χ0) is 13.8. The fraction of sp³-hybridized carbons (Fsp3) is 0.600. The number of benzene rings is 1. The smallest absolute Gasteiger partial charge is 0.124 e. The summed E-state index contributed by atoms with van der Waals surface area (Å²) in [6.07, 6.45) is 2.25. The molecule has 3 N–H and O–H groups in total. The summed E-state index contributed by atoms with van der Waals surface area (Å²) in [6, 6.07) is 5.57. The topological polar surface area (TPSA) is 55.7 Å². The van der Waals surface area contributed by atoms with E-state index in [1.54, 1.807) is 6.07 Å². The predicted molar refractivity (Wildman–Crippen MR) is 76.5 cm³/mol. The highest BCUT2D eigenvalue weighted by Crippen LogP contribution is 2.33. The van der Waals surface area contributed by atoms with Gasteiger partial charge in [0.25, 0.3) is 0 Å². The Hall–Kier alpha value is -1.26. The number of aromatic hydroxyl groups is 2. The molecule has 4 nitrogen and oxygen atoms in total. The molecule has 1 aromatic rings. The zero-order valence-corrected chi connectivity index (χ0v) is 11.8. The molecule has 2 unspecified atom stereocenters. The molecule has 106 valence electrons. The third-order valence-corrected chi connectivity index (χ3v) is 3.95. The van der Waals surface area contributed by atoms with Crippen LogP contribution >= 0.6 is 0 Å². The SMILES string of the molecule is CCCN(C1CCNC1)C(C)c1ccc(O)cc1O. The van der Waals surface area contributed by atoms with Crippen molar-refractivity contribution in [2.45, 2.75) is 38.8 Å². The van der Waals surface area contributed by atoms with E-state index in [0.717, 1.165) is 38.0 Å². The van der Waals surface area contributed by atoms with E-state index in [2.05, 4.69) is 24.1 Å². The molecule has 2 rings (SSSR count). The Morgan fingerprint density at radius 1 is 1.42 bits per heavy atom. The van der Waals surface area contributed by atoms with Gasteiger partial charge in [-0.15, -0.1) is 0 Å². The van der Waals surface area contributed by atoms with Crippen LogP contribution in [0.2, 0.25) is 0 Å². The van der Waals surface area contributed by atoms with E-state index in [9.17, 15) is 10.2 Å². The van der Waals surface area contributed by atoms with Crippen molar-refractivity contribution in [1.82, 2.24) is 10.2 Å². The van der Waals surface area contributed by atoms with Crippen molar-refractivity contribution in [1.29, 1.82) is 0 Å². The monoisotopic (exact) mass is 264 g/mol. The van der Waals surface area contributed by atoms with Gasteiger partial charge in [-0.1, -0.05) is 13.0 Å². The molecule has 0 bridgehead atoms. The maximum absolute atomic E-state index is 10.0. The molecule has 2 atom stereocenters. The van der Waals surface area contributed by atoms with Gasteiger partial charge < -0.3 is 15.5 Å². The molecular formula is C15H24N2O2. The molecule has 19 heavy (non-hydrogen) atoms. The number of nitrogens with one attached hydrogen (secondary N) is 1. The summed E-state index contributed by atoms with van der Waals surface area (Å²) in [4.78, 5) is 2.45. The Kier molecular flexibility index (Phi) is 4.66. The lowest BCUT2D eigenvalue weighted by atomic mass is 10.0. The maximum Gasteiger partial charge on any atom is 0.124 e. The molecule has 1 aliphatic rings. The minimum absolute atomic E-state index is 0.109. The quantitative estimate of drug-likeness (QED) is 0.763. The van der Waals surface area contributed by atoms with Crippen LogP contribution in [0.4, 0.5) is 0 Å². The van der Waals surface area contributed by atoms with E-state index < -0.39 is 0 Å². The number of hydrogen-bond acceptors (Lipinski definition) is 4. The second-order valence-corrected chi connectivity index (χ2v) is 5.30. The van der Waals surface area contributed by atoms with Crippen LogP contribution in [-0.2, 0) is 0 Å². The molecule has 0 saturated carbocycles. The second kappa shape index (κ2) is 6.26. The first kappa shape index (κ1) is 14.2. The van der Waals surface area contributed by atoms with Gasteiger partial charge in [0.2, 0.25) is 0 Å². The van der Waals surface area contributed by atoms with Gasteiger partial charge in [-0.2, -0.15) is 0 Å². The summed E-state index contributed by atoms with van der Waals surface area (Å²) >= 11 is 0. The third-order valence-electron chi connectivity index (χ3n) is 3.95. The van der Waals surface area contributed by atoms with Crippen LogP contribution in [0.25, 0.3) is 0 Å². The highest BCUT2D eigenvalue weighted by atomic mass is 16.3. The lowest BCUT2D eigenvalue weighted by Gasteiger charge is -2.34. The molecule has 0 spiro atoms. The minimum Gasteiger partial charge on any atom is -0.508 e. The van der Waals surface area contributed by atoms with E-state index >= 15 is 0 Å². The molecule has 4 heteroatoms. The highest BCUT2D eigenvalue weighted by molar-refractivity contribution is 5.40. The Labute approximate surface area is 115 Å².